The summed E-state index contributed by atoms with van der Waals surface area (Å²) < 4.78 is 5.76. The van der Waals surface area contributed by atoms with Crippen LogP contribution in [0.5, 0.6) is 0 Å². The van der Waals surface area contributed by atoms with Crippen LogP contribution in [0.2, 0.25) is 0 Å². The molecule has 5 atom stereocenters. The highest BCUT2D eigenvalue weighted by Gasteiger charge is 2.98. The first-order valence-electron chi connectivity index (χ1n) is 9.39. The highest BCUT2D eigenvalue weighted by atomic mass is 16.5. The summed E-state index contributed by atoms with van der Waals surface area (Å²) in [6, 6.07) is 7.71. The average Bonchev–Trinajstić information content (AvgIpc) is 3.37. The summed E-state index contributed by atoms with van der Waals surface area (Å²) >= 11 is 0. The molecule has 1 saturated heterocycles. The Bertz CT molecular complexity index is 737. The number of rotatable bonds is 4. The molecule has 0 bridgehead atoms. The molecule has 0 radical (unpaired) electrons. The summed E-state index contributed by atoms with van der Waals surface area (Å²) in [7, 11) is 2.37. The van der Waals surface area contributed by atoms with Crippen molar-refractivity contribution in [1.29, 1.82) is 0 Å². The Balaban J connectivity index is 1.36. The van der Waals surface area contributed by atoms with Crippen LogP contribution >= 0.6 is 0 Å². The largest absolute Gasteiger partial charge is 0.378 e. The lowest BCUT2D eigenvalue weighted by atomic mass is 9.77. The van der Waals surface area contributed by atoms with Gasteiger partial charge in [-0.05, 0) is 76.5 Å². The van der Waals surface area contributed by atoms with Gasteiger partial charge in [-0.3, -0.25) is 4.90 Å². The van der Waals surface area contributed by atoms with Gasteiger partial charge >= 0.3 is 0 Å². The van der Waals surface area contributed by atoms with E-state index in [0.29, 0.717) is 23.1 Å². The van der Waals surface area contributed by atoms with Crippen LogP contribution < -0.4 is 5.32 Å². The predicted molar refractivity (Wildman–Crippen MR) is 97.5 cm³/mol. The van der Waals surface area contributed by atoms with Crippen LogP contribution in [0.3, 0.4) is 0 Å². The number of fused-ring (bicyclic) bond motifs is 3. The van der Waals surface area contributed by atoms with Crippen molar-refractivity contribution in [2.75, 3.05) is 19.0 Å². The van der Waals surface area contributed by atoms with E-state index in [2.05, 4.69) is 62.4 Å². The zero-order valence-corrected chi connectivity index (χ0v) is 15.2. The summed E-state index contributed by atoms with van der Waals surface area (Å²) in [6.07, 6.45) is 6.26. The van der Waals surface area contributed by atoms with Gasteiger partial charge in [-0.1, -0.05) is 11.6 Å². The van der Waals surface area contributed by atoms with E-state index in [1.165, 1.54) is 30.5 Å². The second-order valence-corrected chi connectivity index (χ2v) is 8.64. The van der Waals surface area contributed by atoms with Gasteiger partial charge in [0.1, 0.15) is 0 Å². The van der Waals surface area contributed by atoms with Crippen LogP contribution in [0.15, 0.2) is 30.0 Å². The van der Waals surface area contributed by atoms with Crippen LogP contribution in [0.1, 0.15) is 57.1 Å². The number of anilines is 1. The first-order chi connectivity index (χ1) is 11.5. The lowest BCUT2D eigenvalue weighted by Crippen LogP contribution is -2.44. The van der Waals surface area contributed by atoms with Crippen molar-refractivity contribution in [1.82, 2.24) is 4.90 Å². The van der Waals surface area contributed by atoms with Crippen LogP contribution in [-0.4, -0.2) is 36.2 Å². The Morgan fingerprint density at radius 2 is 2.21 bits per heavy atom. The quantitative estimate of drug-likeness (QED) is 0.905. The van der Waals surface area contributed by atoms with Crippen molar-refractivity contribution in [3.05, 3.63) is 41.1 Å². The first kappa shape index (κ1) is 15.0. The number of nitrogens with zero attached hydrogens (tertiary/aromatic N) is 1. The van der Waals surface area contributed by atoms with Gasteiger partial charge < -0.3 is 10.1 Å². The summed E-state index contributed by atoms with van der Waals surface area (Å²) in [6.45, 7) is 7.39. The van der Waals surface area contributed by atoms with Gasteiger partial charge in [0.25, 0.3) is 0 Å². The van der Waals surface area contributed by atoms with Gasteiger partial charge in [-0.15, -0.1) is 0 Å². The van der Waals surface area contributed by atoms with Crippen molar-refractivity contribution >= 4 is 5.69 Å². The van der Waals surface area contributed by atoms with E-state index in [-0.39, 0.29) is 0 Å². The third-order valence-electron chi connectivity index (χ3n) is 7.09. The van der Waals surface area contributed by atoms with Gasteiger partial charge in [0.05, 0.1) is 6.10 Å². The van der Waals surface area contributed by atoms with Crippen LogP contribution in [0.25, 0.3) is 0 Å². The number of likely N-dealkylation sites (N-methyl/N-ethyl adjacent to an activating group) is 1. The van der Waals surface area contributed by atoms with Gasteiger partial charge in [-0.2, -0.15) is 0 Å². The molecule has 1 spiro atoms. The third kappa shape index (κ3) is 1.65. The highest BCUT2D eigenvalue weighted by molar-refractivity contribution is 5.79. The summed E-state index contributed by atoms with van der Waals surface area (Å²) in [5, 5.41) is 3.43. The van der Waals surface area contributed by atoms with Crippen LogP contribution in [0.4, 0.5) is 5.69 Å². The normalized spacial score (nSPS) is 40.8. The number of benzene rings is 1. The van der Waals surface area contributed by atoms with E-state index in [9.17, 15) is 0 Å². The number of nitrogens with one attached hydrogen (secondary N) is 1. The molecule has 3 unspecified atom stereocenters. The fraction of sp³-hybridized carbons (Fsp3) is 0.619. The molecule has 1 aromatic rings. The Labute approximate surface area is 145 Å². The smallest absolute Gasteiger partial charge is 0.0561 e. The van der Waals surface area contributed by atoms with Gasteiger partial charge in [-0.25, -0.2) is 0 Å². The molecule has 0 aromatic heterocycles. The highest BCUT2D eigenvalue weighted by Crippen LogP contribution is 2.95. The molecule has 128 valence electrons. The monoisotopic (exact) mass is 324 g/mol. The Kier molecular flexibility index (Phi) is 2.90. The maximum atomic E-state index is 5.76. The zero-order valence-electron chi connectivity index (χ0n) is 15.2. The summed E-state index contributed by atoms with van der Waals surface area (Å²) in [5.74, 6) is 0.789. The molecular formula is C21H28N2O. The van der Waals surface area contributed by atoms with Crippen molar-refractivity contribution in [3.8, 4) is 0 Å². The Morgan fingerprint density at radius 3 is 2.96 bits per heavy atom. The molecular weight excluding hydrogens is 296 g/mol. The predicted octanol–water partition coefficient (Wildman–Crippen LogP) is 4.01. The lowest BCUT2D eigenvalue weighted by Gasteiger charge is -2.37. The van der Waals surface area contributed by atoms with Crippen LogP contribution in [-0.2, 0) is 10.2 Å². The van der Waals surface area contributed by atoms with Gasteiger partial charge in [0.15, 0.2) is 0 Å². The van der Waals surface area contributed by atoms with E-state index < -0.39 is 0 Å². The average molecular weight is 324 g/mol. The molecule has 3 aliphatic carbocycles. The van der Waals surface area contributed by atoms with Crippen molar-refractivity contribution in [3.63, 3.8) is 0 Å². The molecule has 4 aliphatic rings. The molecule has 5 rings (SSSR count). The number of hydrogen-bond acceptors (Lipinski definition) is 3. The van der Waals surface area contributed by atoms with Crippen LogP contribution in [0, 0.1) is 0 Å². The fourth-order valence-electron chi connectivity index (χ4n) is 5.79. The summed E-state index contributed by atoms with van der Waals surface area (Å²) in [5.41, 5.74) is 6.73. The van der Waals surface area contributed by atoms with E-state index in [4.69, 9.17) is 4.74 Å². The maximum Gasteiger partial charge on any atom is 0.0561 e. The molecule has 24 heavy (non-hydrogen) atoms. The lowest BCUT2D eigenvalue weighted by molar-refractivity contribution is -0.0189. The fourth-order valence-corrected chi connectivity index (χ4v) is 5.79. The number of allylic oxidation sites excluding steroid dienone is 1. The standard InChI is InChI=1S/C21H28N2O/c1-13(2)11-22-15-5-6-18-17(10-15)19-20(18)12-21(19,20)23(4)16-7-8-24-14(3)9-16/h5-6,10-11,14,16,19,22H,7-9,12H2,1-4H3/t14-,16-,19?,20?,21?/m1/s1. The molecule has 1 aromatic carbocycles. The van der Waals surface area contributed by atoms with E-state index in [1.54, 1.807) is 11.1 Å². The number of hydrogen-bond donors (Lipinski definition) is 1. The molecule has 3 heteroatoms. The van der Waals surface area contributed by atoms with Gasteiger partial charge in [0, 0.05) is 35.2 Å². The van der Waals surface area contributed by atoms with E-state index >= 15 is 0 Å². The Morgan fingerprint density at radius 1 is 1.38 bits per heavy atom. The molecule has 0 amide bonds. The number of ether oxygens (including phenoxy) is 1. The Hall–Kier alpha value is -1.32. The second-order valence-electron chi connectivity index (χ2n) is 8.64. The maximum absolute atomic E-state index is 5.76. The van der Waals surface area contributed by atoms with Crippen molar-refractivity contribution in [2.45, 2.75) is 69.1 Å². The van der Waals surface area contributed by atoms with E-state index in [1.807, 2.05) is 0 Å². The third-order valence-corrected chi connectivity index (χ3v) is 7.09. The molecule has 2 saturated carbocycles. The molecule has 1 N–H and O–H groups in total. The topological polar surface area (TPSA) is 24.5 Å². The molecule has 1 aliphatic heterocycles. The SMILES string of the molecule is CC(C)=CNc1ccc2c(c1)C1C23CC13N(C)[C@@H]1CCO[C@H](C)C1. The minimum absolute atomic E-state index is 0.413. The van der Waals surface area contributed by atoms with E-state index in [0.717, 1.165) is 12.5 Å². The molecule has 3 nitrogen and oxygen atoms in total. The van der Waals surface area contributed by atoms with Gasteiger partial charge in [0.2, 0.25) is 0 Å². The zero-order chi connectivity index (χ0) is 16.7. The minimum Gasteiger partial charge on any atom is -0.378 e. The van der Waals surface area contributed by atoms with Crippen molar-refractivity contribution in [2.24, 2.45) is 0 Å². The molecule has 3 fully saturated rings. The first-order valence-corrected chi connectivity index (χ1v) is 9.39. The minimum atomic E-state index is 0.413. The summed E-state index contributed by atoms with van der Waals surface area (Å²) in [4.78, 5) is 2.74. The van der Waals surface area contributed by atoms with Crippen molar-refractivity contribution < 1.29 is 4.74 Å². The second kappa shape index (κ2) is 4.64. The molecule has 1 heterocycles.